The second kappa shape index (κ2) is 6.43. The van der Waals surface area contributed by atoms with Gasteiger partial charge in [-0.3, -0.25) is 9.59 Å². The predicted octanol–water partition coefficient (Wildman–Crippen LogP) is 5.05. The number of ketones is 1. The van der Waals surface area contributed by atoms with Crippen molar-refractivity contribution in [2.45, 2.75) is 65.0 Å². The van der Waals surface area contributed by atoms with E-state index in [9.17, 15) is 14.0 Å². The van der Waals surface area contributed by atoms with Crippen molar-refractivity contribution < 1.29 is 14.0 Å². The quantitative estimate of drug-likeness (QED) is 0.686. The first kappa shape index (κ1) is 18.1. The first-order valence-corrected chi connectivity index (χ1v) is 9.77. The molecular weight excluding hydrogens is 341 g/mol. The second-order valence-electron chi connectivity index (χ2n) is 8.96. The van der Waals surface area contributed by atoms with E-state index in [1.54, 1.807) is 11.0 Å². The number of hydrogen-bond acceptors (Lipinski definition) is 2. The smallest absolute Gasteiger partial charge is 0.255 e. The van der Waals surface area contributed by atoms with Crippen LogP contribution in [0.2, 0.25) is 0 Å². The van der Waals surface area contributed by atoms with Gasteiger partial charge in [0, 0.05) is 18.5 Å². The highest BCUT2D eigenvalue weighted by molar-refractivity contribution is 6.03. The summed E-state index contributed by atoms with van der Waals surface area (Å²) in [7, 11) is 0. The summed E-state index contributed by atoms with van der Waals surface area (Å²) >= 11 is 0. The number of benzene rings is 1. The van der Waals surface area contributed by atoms with Crippen molar-refractivity contribution in [3.05, 3.63) is 52.9 Å². The van der Waals surface area contributed by atoms with Gasteiger partial charge in [-0.25, -0.2) is 4.39 Å². The SMILES string of the molecule is C=C1CCC(N2Cc3c(cc(F)cc3C3=CCC(C)(C)CC3)C2=O)C(=O)C1. The molecule has 0 N–H and O–H groups in total. The van der Waals surface area contributed by atoms with Crippen LogP contribution in [0.15, 0.2) is 30.4 Å². The molecule has 142 valence electrons. The Morgan fingerprint density at radius 1 is 1.19 bits per heavy atom. The highest BCUT2D eigenvalue weighted by Crippen LogP contribution is 2.41. The lowest BCUT2D eigenvalue weighted by Crippen LogP contribution is -2.43. The number of nitrogens with zero attached hydrogens (tertiary/aromatic N) is 1. The van der Waals surface area contributed by atoms with E-state index in [0.29, 0.717) is 24.9 Å². The summed E-state index contributed by atoms with van der Waals surface area (Å²) in [6.07, 6.45) is 6.80. The van der Waals surface area contributed by atoms with E-state index >= 15 is 0 Å². The zero-order chi connectivity index (χ0) is 19.3. The summed E-state index contributed by atoms with van der Waals surface area (Å²) in [5.41, 5.74) is 4.48. The van der Waals surface area contributed by atoms with Gasteiger partial charge in [-0.2, -0.15) is 0 Å². The number of halogens is 1. The monoisotopic (exact) mass is 367 g/mol. The van der Waals surface area contributed by atoms with Crippen LogP contribution in [0, 0.1) is 11.2 Å². The maximum atomic E-state index is 14.3. The number of carbonyl (C=O) groups is 2. The Morgan fingerprint density at radius 3 is 2.59 bits per heavy atom. The van der Waals surface area contributed by atoms with Gasteiger partial charge in [0.05, 0.1) is 6.04 Å². The van der Waals surface area contributed by atoms with Crippen LogP contribution in [-0.4, -0.2) is 22.6 Å². The molecule has 1 saturated carbocycles. The van der Waals surface area contributed by atoms with Crippen LogP contribution < -0.4 is 0 Å². The Hall–Kier alpha value is -2.23. The minimum Gasteiger partial charge on any atom is -0.324 e. The van der Waals surface area contributed by atoms with Gasteiger partial charge in [-0.15, -0.1) is 0 Å². The van der Waals surface area contributed by atoms with Gasteiger partial charge in [0.1, 0.15) is 5.82 Å². The van der Waals surface area contributed by atoms with Crippen molar-refractivity contribution in [1.29, 1.82) is 0 Å². The number of rotatable bonds is 2. The molecule has 1 amide bonds. The summed E-state index contributed by atoms with van der Waals surface area (Å²) in [5.74, 6) is -0.547. The van der Waals surface area contributed by atoms with Crippen molar-refractivity contribution >= 4 is 17.3 Å². The van der Waals surface area contributed by atoms with Gasteiger partial charge in [0.2, 0.25) is 0 Å². The zero-order valence-electron chi connectivity index (χ0n) is 16.1. The van der Waals surface area contributed by atoms with Crippen LogP contribution in [0.1, 0.15) is 73.9 Å². The first-order chi connectivity index (χ1) is 12.7. The fourth-order valence-electron chi connectivity index (χ4n) is 4.54. The second-order valence-corrected chi connectivity index (χ2v) is 8.96. The molecule has 0 radical (unpaired) electrons. The summed E-state index contributed by atoms with van der Waals surface area (Å²) in [5, 5.41) is 0. The Balaban J connectivity index is 1.68. The first-order valence-electron chi connectivity index (χ1n) is 9.77. The third-order valence-corrected chi connectivity index (χ3v) is 6.30. The van der Waals surface area contributed by atoms with E-state index in [1.165, 1.54) is 6.07 Å². The minimum atomic E-state index is -0.412. The van der Waals surface area contributed by atoms with Crippen molar-refractivity contribution in [2.75, 3.05) is 0 Å². The number of fused-ring (bicyclic) bond motifs is 1. The molecule has 4 heteroatoms. The van der Waals surface area contributed by atoms with E-state index in [-0.39, 0.29) is 22.9 Å². The number of Topliss-reactive ketones (excluding diaryl/α,β-unsaturated/α-hetero) is 1. The summed E-state index contributed by atoms with van der Waals surface area (Å²) in [4.78, 5) is 27.1. The van der Waals surface area contributed by atoms with Gasteiger partial charge in [-0.1, -0.05) is 32.1 Å². The molecular formula is C23H26FNO2. The van der Waals surface area contributed by atoms with Crippen molar-refractivity contribution in [2.24, 2.45) is 5.41 Å². The molecule has 2 aliphatic carbocycles. The molecule has 1 unspecified atom stereocenters. The Morgan fingerprint density at radius 2 is 1.93 bits per heavy atom. The zero-order valence-corrected chi connectivity index (χ0v) is 16.1. The average Bonchev–Trinajstić information content (AvgIpc) is 2.91. The summed E-state index contributed by atoms with van der Waals surface area (Å²) in [6, 6.07) is 2.48. The molecule has 1 aromatic rings. The molecule has 3 aliphatic rings. The van der Waals surface area contributed by atoms with Crippen LogP contribution in [-0.2, 0) is 11.3 Å². The van der Waals surface area contributed by atoms with Gasteiger partial charge in [0.15, 0.2) is 5.78 Å². The summed E-state index contributed by atoms with van der Waals surface area (Å²) in [6.45, 7) is 8.78. The maximum Gasteiger partial charge on any atom is 0.255 e. The Bertz CT molecular complexity index is 881. The molecule has 1 fully saturated rings. The molecule has 1 heterocycles. The molecule has 1 aromatic carbocycles. The van der Waals surface area contributed by atoms with Crippen LogP contribution in [0.3, 0.4) is 0 Å². The number of amides is 1. The van der Waals surface area contributed by atoms with E-state index in [2.05, 4.69) is 26.5 Å². The normalized spacial score (nSPS) is 24.9. The van der Waals surface area contributed by atoms with Gasteiger partial charge < -0.3 is 4.90 Å². The Labute approximate surface area is 159 Å². The lowest BCUT2D eigenvalue weighted by Gasteiger charge is -2.31. The highest BCUT2D eigenvalue weighted by atomic mass is 19.1. The van der Waals surface area contributed by atoms with E-state index < -0.39 is 6.04 Å². The van der Waals surface area contributed by atoms with Gasteiger partial charge >= 0.3 is 0 Å². The van der Waals surface area contributed by atoms with E-state index in [1.807, 2.05) is 0 Å². The molecule has 4 rings (SSSR count). The number of allylic oxidation sites excluding steroid dienone is 3. The number of hydrogen-bond donors (Lipinski definition) is 0. The minimum absolute atomic E-state index is 0.0491. The highest BCUT2D eigenvalue weighted by Gasteiger charge is 2.39. The lowest BCUT2D eigenvalue weighted by atomic mass is 9.76. The maximum absolute atomic E-state index is 14.3. The average molecular weight is 367 g/mol. The fraction of sp³-hybridized carbons (Fsp3) is 0.478. The number of carbonyl (C=O) groups excluding carboxylic acids is 2. The molecule has 3 nitrogen and oxygen atoms in total. The topological polar surface area (TPSA) is 37.4 Å². The predicted molar refractivity (Wildman–Crippen MR) is 104 cm³/mol. The van der Waals surface area contributed by atoms with E-state index in [0.717, 1.165) is 48.0 Å². The van der Waals surface area contributed by atoms with Gasteiger partial charge in [0.25, 0.3) is 5.91 Å². The summed E-state index contributed by atoms with van der Waals surface area (Å²) < 4.78 is 14.3. The molecule has 27 heavy (non-hydrogen) atoms. The third kappa shape index (κ3) is 3.26. The molecule has 0 bridgehead atoms. The van der Waals surface area contributed by atoms with Crippen LogP contribution in [0.5, 0.6) is 0 Å². The largest absolute Gasteiger partial charge is 0.324 e. The van der Waals surface area contributed by atoms with Crippen LogP contribution in [0.4, 0.5) is 4.39 Å². The van der Waals surface area contributed by atoms with Crippen molar-refractivity contribution in [1.82, 2.24) is 4.90 Å². The van der Waals surface area contributed by atoms with Crippen molar-refractivity contribution in [3.63, 3.8) is 0 Å². The van der Waals surface area contributed by atoms with Gasteiger partial charge in [-0.05, 0) is 66.4 Å². The van der Waals surface area contributed by atoms with Crippen molar-refractivity contribution in [3.8, 4) is 0 Å². The fourth-order valence-corrected chi connectivity index (χ4v) is 4.54. The molecule has 1 atom stereocenters. The van der Waals surface area contributed by atoms with E-state index in [4.69, 9.17) is 0 Å². The molecule has 0 aromatic heterocycles. The van der Waals surface area contributed by atoms with Crippen LogP contribution in [0.25, 0.3) is 5.57 Å². The van der Waals surface area contributed by atoms with Crippen LogP contribution >= 0.6 is 0 Å². The molecule has 1 aliphatic heterocycles. The third-order valence-electron chi connectivity index (χ3n) is 6.30. The molecule has 0 saturated heterocycles. The Kier molecular flexibility index (Phi) is 4.32. The molecule has 0 spiro atoms. The standard InChI is InChI=1S/C23H26FNO2/c1-14-4-5-20(21(26)10-14)25-13-19-17(11-16(24)12-18(19)22(25)27)15-6-8-23(2,3)9-7-15/h6,11-12,20H,1,4-5,7-10,13H2,2-3H3. The lowest BCUT2D eigenvalue weighted by molar-refractivity contribution is -0.124.